The SMILES string of the molecule is CCCCC(CC)COC/C=C/C(=O)OCC. The molecule has 17 heavy (non-hydrogen) atoms. The van der Waals surface area contributed by atoms with E-state index in [-0.39, 0.29) is 5.97 Å². The highest BCUT2D eigenvalue weighted by molar-refractivity contribution is 5.81. The van der Waals surface area contributed by atoms with Gasteiger partial charge in [-0.25, -0.2) is 4.79 Å². The van der Waals surface area contributed by atoms with Crippen LogP contribution < -0.4 is 0 Å². The van der Waals surface area contributed by atoms with Gasteiger partial charge in [-0.15, -0.1) is 0 Å². The summed E-state index contributed by atoms with van der Waals surface area (Å²) in [6, 6.07) is 0. The summed E-state index contributed by atoms with van der Waals surface area (Å²) in [5.41, 5.74) is 0. The van der Waals surface area contributed by atoms with Crippen LogP contribution in [0.2, 0.25) is 0 Å². The van der Waals surface area contributed by atoms with Crippen molar-refractivity contribution in [2.24, 2.45) is 5.92 Å². The fourth-order valence-corrected chi connectivity index (χ4v) is 1.54. The third-order valence-electron chi connectivity index (χ3n) is 2.65. The molecule has 0 aromatic carbocycles. The molecular weight excluding hydrogens is 216 g/mol. The minimum atomic E-state index is -0.297. The molecule has 0 aliphatic carbocycles. The van der Waals surface area contributed by atoms with Crippen molar-refractivity contribution in [2.75, 3.05) is 19.8 Å². The maximum absolute atomic E-state index is 11.0. The number of carbonyl (C=O) groups excluding carboxylic acids is 1. The molecule has 3 heteroatoms. The second-order valence-corrected chi connectivity index (χ2v) is 4.11. The van der Waals surface area contributed by atoms with Crippen LogP contribution >= 0.6 is 0 Å². The lowest BCUT2D eigenvalue weighted by molar-refractivity contribution is -0.137. The van der Waals surface area contributed by atoms with Crippen molar-refractivity contribution in [3.63, 3.8) is 0 Å². The lowest BCUT2D eigenvalue weighted by atomic mass is 10.0. The molecule has 100 valence electrons. The number of hydrogen-bond donors (Lipinski definition) is 0. The summed E-state index contributed by atoms with van der Waals surface area (Å²) >= 11 is 0. The molecule has 0 aromatic rings. The minimum Gasteiger partial charge on any atom is -0.463 e. The van der Waals surface area contributed by atoms with Crippen LogP contribution in [0.1, 0.15) is 46.5 Å². The van der Waals surface area contributed by atoms with Crippen LogP contribution in [0.4, 0.5) is 0 Å². The van der Waals surface area contributed by atoms with E-state index < -0.39 is 0 Å². The van der Waals surface area contributed by atoms with Crippen molar-refractivity contribution in [3.05, 3.63) is 12.2 Å². The van der Waals surface area contributed by atoms with Crippen molar-refractivity contribution in [1.82, 2.24) is 0 Å². The molecule has 0 rings (SSSR count). The predicted molar refractivity (Wildman–Crippen MR) is 69.9 cm³/mol. The van der Waals surface area contributed by atoms with Gasteiger partial charge in [-0.2, -0.15) is 0 Å². The Balaban J connectivity index is 3.57. The summed E-state index contributed by atoms with van der Waals surface area (Å²) in [5, 5.41) is 0. The van der Waals surface area contributed by atoms with E-state index in [9.17, 15) is 4.79 Å². The highest BCUT2D eigenvalue weighted by Gasteiger charge is 2.04. The molecule has 0 bridgehead atoms. The van der Waals surface area contributed by atoms with Crippen molar-refractivity contribution < 1.29 is 14.3 Å². The van der Waals surface area contributed by atoms with Gasteiger partial charge in [0, 0.05) is 12.7 Å². The second-order valence-electron chi connectivity index (χ2n) is 4.11. The van der Waals surface area contributed by atoms with Crippen molar-refractivity contribution in [3.8, 4) is 0 Å². The van der Waals surface area contributed by atoms with E-state index in [0.29, 0.717) is 19.1 Å². The van der Waals surface area contributed by atoms with Crippen molar-refractivity contribution >= 4 is 5.97 Å². The predicted octanol–water partition coefficient (Wildman–Crippen LogP) is 3.34. The van der Waals surface area contributed by atoms with Crippen molar-refractivity contribution in [2.45, 2.75) is 46.5 Å². The van der Waals surface area contributed by atoms with E-state index in [0.717, 1.165) is 13.0 Å². The first-order chi connectivity index (χ1) is 8.24. The Kier molecular flexibility index (Phi) is 11.1. The van der Waals surface area contributed by atoms with Crippen LogP contribution in [0.5, 0.6) is 0 Å². The van der Waals surface area contributed by atoms with Crippen LogP contribution in [-0.4, -0.2) is 25.8 Å². The van der Waals surface area contributed by atoms with Gasteiger partial charge in [-0.05, 0) is 19.3 Å². The van der Waals surface area contributed by atoms with Gasteiger partial charge in [0.25, 0.3) is 0 Å². The van der Waals surface area contributed by atoms with Gasteiger partial charge in [-0.3, -0.25) is 0 Å². The average molecular weight is 242 g/mol. The van der Waals surface area contributed by atoms with Gasteiger partial charge in [0.1, 0.15) is 0 Å². The quantitative estimate of drug-likeness (QED) is 0.335. The molecule has 0 heterocycles. The monoisotopic (exact) mass is 242 g/mol. The number of hydrogen-bond acceptors (Lipinski definition) is 3. The summed E-state index contributed by atoms with van der Waals surface area (Å²) in [6.07, 6.45) is 8.02. The minimum absolute atomic E-state index is 0.297. The fraction of sp³-hybridized carbons (Fsp3) is 0.786. The Morgan fingerprint density at radius 1 is 1.29 bits per heavy atom. The molecule has 0 saturated heterocycles. The maximum atomic E-state index is 11.0. The van der Waals surface area contributed by atoms with Crippen LogP contribution in [0.3, 0.4) is 0 Å². The van der Waals surface area contributed by atoms with Gasteiger partial charge in [-0.1, -0.05) is 39.2 Å². The van der Waals surface area contributed by atoms with Gasteiger partial charge >= 0.3 is 5.97 Å². The Labute approximate surface area is 105 Å². The number of unbranched alkanes of at least 4 members (excludes halogenated alkanes) is 1. The molecule has 0 aliphatic heterocycles. The Morgan fingerprint density at radius 3 is 2.65 bits per heavy atom. The topological polar surface area (TPSA) is 35.5 Å². The second kappa shape index (κ2) is 11.6. The zero-order valence-electron chi connectivity index (χ0n) is 11.4. The third kappa shape index (κ3) is 10.1. The molecule has 0 N–H and O–H groups in total. The summed E-state index contributed by atoms with van der Waals surface area (Å²) in [4.78, 5) is 11.0. The van der Waals surface area contributed by atoms with Crippen molar-refractivity contribution in [1.29, 1.82) is 0 Å². The Bertz CT molecular complexity index is 212. The highest BCUT2D eigenvalue weighted by Crippen LogP contribution is 2.12. The van der Waals surface area contributed by atoms with E-state index in [1.54, 1.807) is 13.0 Å². The van der Waals surface area contributed by atoms with Crippen LogP contribution in [0.25, 0.3) is 0 Å². The average Bonchev–Trinajstić information content (AvgIpc) is 2.33. The molecule has 0 radical (unpaired) electrons. The van der Waals surface area contributed by atoms with Crippen LogP contribution in [0.15, 0.2) is 12.2 Å². The first kappa shape index (κ1) is 16.2. The van der Waals surface area contributed by atoms with Gasteiger partial charge in [0.15, 0.2) is 0 Å². The molecule has 0 spiro atoms. The normalized spacial score (nSPS) is 12.9. The maximum Gasteiger partial charge on any atom is 0.330 e. The summed E-state index contributed by atoms with van der Waals surface area (Å²) in [7, 11) is 0. The first-order valence-corrected chi connectivity index (χ1v) is 6.65. The number of carbonyl (C=O) groups is 1. The van der Waals surface area contributed by atoms with E-state index in [1.165, 1.54) is 25.3 Å². The van der Waals surface area contributed by atoms with Gasteiger partial charge < -0.3 is 9.47 Å². The molecule has 3 nitrogen and oxygen atoms in total. The molecule has 0 aliphatic rings. The smallest absolute Gasteiger partial charge is 0.330 e. The highest BCUT2D eigenvalue weighted by atomic mass is 16.5. The van der Waals surface area contributed by atoms with Crippen LogP contribution in [0, 0.1) is 5.92 Å². The molecule has 1 unspecified atom stereocenters. The van der Waals surface area contributed by atoms with E-state index in [1.807, 2.05) is 0 Å². The van der Waals surface area contributed by atoms with E-state index >= 15 is 0 Å². The van der Waals surface area contributed by atoms with Gasteiger partial charge in [0.2, 0.25) is 0 Å². The molecule has 0 aromatic heterocycles. The molecular formula is C14H26O3. The Morgan fingerprint density at radius 2 is 2.06 bits per heavy atom. The summed E-state index contributed by atoms with van der Waals surface area (Å²) in [6.45, 7) is 7.87. The number of ether oxygens (including phenoxy) is 2. The van der Waals surface area contributed by atoms with E-state index in [4.69, 9.17) is 9.47 Å². The van der Waals surface area contributed by atoms with Gasteiger partial charge in [0.05, 0.1) is 13.2 Å². The number of rotatable bonds is 10. The molecule has 0 amide bonds. The fourth-order valence-electron chi connectivity index (χ4n) is 1.54. The van der Waals surface area contributed by atoms with E-state index in [2.05, 4.69) is 13.8 Å². The summed E-state index contributed by atoms with van der Waals surface area (Å²) in [5.74, 6) is 0.347. The largest absolute Gasteiger partial charge is 0.463 e. The third-order valence-corrected chi connectivity index (χ3v) is 2.65. The summed E-state index contributed by atoms with van der Waals surface area (Å²) < 4.78 is 10.3. The van der Waals surface area contributed by atoms with Crippen LogP contribution in [-0.2, 0) is 14.3 Å². The lowest BCUT2D eigenvalue weighted by Crippen LogP contribution is -2.09. The lowest BCUT2D eigenvalue weighted by Gasteiger charge is -2.13. The molecule has 0 saturated carbocycles. The molecule has 0 fully saturated rings. The molecule has 1 atom stereocenters. The standard InChI is InChI=1S/C14H26O3/c1-4-7-9-13(5-2)12-16-11-8-10-14(15)17-6-3/h8,10,13H,4-7,9,11-12H2,1-3H3/b10-8+. The first-order valence-electron chi connectivity index (χ1n) is 6.65. The zero-order chi connectivity index (χ0) is 12.9. The number of esters is 1. The zero-order valence-corrected chi connectivity index (χ0v) is 11.4. The Hall–Kier alpha value is -0.830.